The Morgan fingerprint density at radius 3 is 3.12 bits per heavy atom. The van der Waals surface area contributed by atoms with Crippen LogP contribution in [0.25, 0.3) is 4.96 Å². The second kappa shape index (κ2) is 4.60. The van der Waals surface area contributed by atoms with Gasteiger partial charge in [-0.1, -0.05) is 6.07 Å². The van der Waals surface area contributed by atoms with Crippen molar-refractivity contribution in [3.8, 4) is 0 Å². The molecule has 3 aromatic heterocycles. The Morgan fingerprint density at radius 1 is 1.41 bits per heavy atom. The normalized spacial score (nSPS) is 13.2. The van der Waals surface area contributed by atoms with E-state index in [0.717, 1.165) is 17.2 Å². The Balaban J connectivity index is 1.66. The molecule has 3 rings (SSSR count). The zero-order valence-corrected chi connectivity index (χ0v) is 11.1. The van der Waals surface area contributed by atoms with Gasteiger partial charge in [-0.25, -0.2) is 4.98 Å². The number of thiophene rings is 1. The summed E-state index contributed by atoms with van der Waals surface area (Å²) in [5.41, 5.74) is 1.10. The molecule has 0 fully saturated rings. The third kappa shape index (κ3) is 2.26. The number of aromatic nitrogens is 2. The molecule has 17 heavy (non-hydrogen) atoms. The lowest BCUT2D eigenvalue weighted by atomic mass is 10.2. The monoisotopic (exact) mass is 263 g/mol. The molecule has 0 radical (unpaired) electrons. The van der Waals surface area contributed by atoms with Crippen molar-refractivity contribution in [1.29, 1.82) is 0 Å². The molecule has 3 aromatic rings. The number of rotatable bonds is 4. The van der Waals surface area contributed by atoms with Crippen LogP contribution in [0.15, 0.2) is 35.3 Å². The minimum absolute atomic E-state index is 0.384. The molecular formula is C12H13N3S2. The second-order valence-electron chi connectivity index (χ2n) is 3.94. The van der Waals surface area contributed by atoms with Gasteiger partial charge in [0, 0.05) is 35.2 Å². The lowest BCUT2D eigenvalue weighted by molar-refractivity contribution is 0.577. The van der Waals surface area contributed by atoms with Crippen molar-refractivity contribution in [2.75, 3.05) is 0 Å². The second-order valence-corrected chi connectivity index (χ2v) is 5.80. The number of fused-ring (bicyclic) bond motifs is 1. The van der Waals surface area contributed by atoms with Crippen molar-refractivity contribution in [1.82, 2.24) is 14.7 Å². The molecule has 3 nitrogen and oxygen atoms in total. The summed E-state index contributed by atoms with van der Waals surface area (Å²) in [5, 5.41) is 7.65. The highest BCUT2D eigenvalue weighted by molar-refractivity contribution is 7.15. The highest BCUT2D eigenvalue weighted by Crippen LogP contribution is 2.19. The SMILES string of the molecule is C[C@H](NCc1cn2ccsc2n1)c1cccs1. The van der Waals surface area contributed by atoms with Gasteiger partial charge in [-0.05, 0) is 18.4 Å². The summed E-state index contributed by atoms with van der Waals surface area (Å²) in [5.74, 6) is 0. The molecular weight excluding hydrogens is 250 g/mol. The van der Waals surface area contributed by atoms with Gasteiger partial charge in [0.2, 0.25) is 0 Å². The van der Waals surface area contributed by atoms with Crippen LogP contribution >= 0.6 is 22.7 Å². The van der Waals surface area contributed by atoms with Gasteiger partial charge in [0.25, 0.3) is 0 Å². The van der Waals surface area contributed by atoms with Gasteiger partial charge < -0.3 is 5.32 Å². The molecule has 0 saturated heterocycles. The molecule has 0 saturated carbocycles. The van der Waals surface area contributed by atoms with Gasteiger partial charge in [-0.2, -0.15) is 0 Å². The molecule has 3 heterocycles. The van der Waals surface area contributed by atoms with Crippen LogP contribution in [0.4, 0.5) is 0 Å². The zero-order valence-electron chi connectivity index (χ0n) is 9.46. The molecule has 1 atom stereocenters. The van der Waals surface area contributed by atoms with Crippen molar-refractivity contribution in [2.24, 2.45) is 0 Å². The maximum Gasteiger partial charge on any atom is 0.193 e. The van der Waals surface area contributed by atoms with E-state index in [-0.39, 0.29) is 0 Å². The van der Waals surface area contributed by atoms with E-state index in [4.69, 9.17) is 0 Å². The number of hydrogen-bond acceptors (Lipinski definition) is 4. The van der Waals surface area contributed by atoms with Crippen LogP contribution in [0.1, 0.15) is 23.5 Å². The average molecular weight is 263 g/mol. The first-order chi connectivity index (χ1) is 8.33. The van der Waals surface area contributed by atoms with E-state index in [1.807, 2.05) is 11.6 Å². The van der Waals surface area contributed by atoms with E-state index < -0.39 is 0 Å². The molecule has 5 heteroatoms. The summed E-state index contributed by atoms with van der Waals surface area (Å²) >= 11 is 3.45. The third-order valence-electron chi connectivity index (χ3n) is 2.70. The van der Waals surface area contributed by atoms with Crippen LogP contribution in [0, 0.1) is 0 Å². The average Bonchev–Trinajstić information content (AvgIpc) is 3.01. The summed E-state index contributed by atoms with van der Waals surface area (Å²) in [4.78, 5) is 6.98. The molecule has 0 unspecified atom stereocenters. The number of imidazole rings is 1. The molecule has 0 amide bonds. The van der Waals surface area contributed by atoms with E-state index in [9.17, 15) is 0 Å². The van der Waals surface area contributed by atoms with Crippen LogP contribution in [0.5, 0.6) is 0 Å². The lowest BCUT2D eigenvalue weighted by Gasteiger charge is -2.10. The van der Waals surface area contributed by atoms with E-state index >= 15 is 0 Å². The van der Waals surface area contributed by atoms with Crippen LogP contribution in [-0.4, -0.2) is 9.38 Å². The lowest BCUT2D eigenvalue weighted by Crippen LogP contribution is -2.17. The number of nitrogens with zero attached hydrogens (tertiary/aromatic N) is 2. The minimum atomic E-state index is 0.384. The van der Waals surface area contributed by atoms with Gasteiger partial charge in [-0.15, -0.1) is 22.7 Å². The van der Waals surface area contributed by atoms with Crippen molar-refractivity contribution < 1.29 is 0 Å². The summed E-state index contributed by atoms with van der Waals surface area (Å²) in [6.07, 6.45) is 4.12. The van der Waals surface area contributed by atoms with Crippen molar-refractivity contribution in [3.63, 3.8) is 0 Å². The standard InChI is InChI=1S/C12H13N3S2/c1-9(11-3-2-5-16-11)13-7-10-8-15-4-6-17-12(15)14-10/h2-6,8-9,13H,7H2,1H3/t9-/m0/s1. The van der Waals surface area contributed by atoms with Gasteiger partial charge >= 0.3 is 0 Å². The van der Waals surface area contributed by atoms with E-state index in [0.29, 0.717) is 6.04 Å². The molecule has 0 spiro atoms. The van der Waals surface area contributed by atoms with Crippen molar-refractivity contribution >= 4 is 27.6 Å². The van der Waals surface area contributed by atoms with Gasteiger partial charge in [0.1, 0.15) is 0 Å². The smallest absolute Gasteiger partial charge is 0.193 e. The molecule has 0 bridgehead atoms. The number of hydrogen-bond donors (Lipinski definition) is 1. The zero-order chi connectivity index (χ0) is 11.7. The first-order valence-corrected chi connectivity index (χ1v) is 7.27. The number of thiazole rings is 1. The molecule has 0 aliphatic carbocycles. The van der Waals surface area contributed by atoms with E-state index in [2.05, 4.69) is 45.3 Å². The summed E-state index contributed by atoms with van der Waals surface area (Å²) in [6.45, 7) is 3.00. The molecule has 0 aliphatic heterocycles. The topological polar surface area (TPSA) is 29.3 Å². The van der Waals surface area contributed by atoms with E-state index in [1.165, 1.54) is 4.88 Å². The maximum absolute atomic E-state index is 4.55. The molecule has 0 aromatic carbocycles. The molecule has 88 valence electrons. The van der Waals surface area contributed by atoms with Crippen LogP contribution in [0.3, 0.4) is 0 Å². The van der Waals surface area contributed by atoms with Gasteiger partial charge in [0.15, 0.2) is 4.96 Å². The van der Waals surface area contributed by atoms with Crippen LogP contribution in [-0.2, 0) is 6.54 Å². The summed E-state index contributed by atoms with van der Waals surface area (Å²) in [7, 11) is 0. The van der Waals surface area contributed by atoms with Crippen molar-refractivity contribution in [3.05, 3.63) is 45.9 Å². The third-order valence-corrected chi connectivity index (χ3v) is 4.53. The first-order valence-electron chi connectivity index (χ1n) is 5.51. The van der Waals surface area contributed by atoms with Crippen LogP contribution in [0.2, 0.25) is 0 Å². The Hall–Kier alpha value is -1.17. The van der Waals surface area contributed by atoms with Gasteiger partial charge in [-0.3, -0.25) is 4.40 Å². The van der Waals surface area contributed by atoms with E-state index in [1.54, 1.807) is 22.7 Å². The molecule has 1 N–H and O–H groups in total. The largest absolute Gasteiger partial charge is 0.304 e. The fourth-order valence-corrected chi connectivity index (χ4v) is 3.23. The van der Waals surface area contributed by atoms with Crippen LogP contribution < -0.4 is 5.32 Å². The highest BCUT2D eigenvalue weighted by Gasteiger charge is 2.07. The highest BCUT2D eigenvalue weighted by atomic mass is 32.1. The minimum Gasteiger partial charge on any atom is -0.304 e. The Labute approximate surface area is 108 Å². The van der Waals surface area contributed by atoms with Gasteiger partial charge in [0.05, 0.1) is 5.69 Å². The van der Waals surface area contributed by atoms with Crippen molar-refractivity contribution in [2.45, 2.75) is 19.5 Å². The Morgan fingerprint density at radius 2 is 2.35 bits per heavy atom. The Bertz CT molecular complexity index is 566. The molecule has 0 aliphatic rings. The predicted molar refractivity (Wildman–Crippen MR) is 72.6 cm³/mol. The fraction of sp³-hybridized carbons (Fsp3) is 0.250. The summed E-state index contributed by atoms with van der Waals surface area (Å²) in [6, 6.07) is 4.63. The quantitative estimate of drug-likeness (QED) is 0.782. The Kier molecular flexibility index (Phi) is 2.96. The fourth-order valence-electron chi connectivity index (χ4n) is 1.76. The first kappa shape index (κ1) is 11.0. The summed E-state index contributed by atoms with van der Waals surface area (Å²) < 4.78 is 2.07. The maximum atomic E-state index is 4.55. The number of nitrogens with one attached hydrogen (secondary N) is 1. The predicted octanol–water partition coefficient (Wildman–Crippen LogP) is 3.31.